The fourth-order valence-corrected chi connectivity index (χ4v) is 2.25. The van der Waals surface area contributed by atoms with E-state index in [0.717, 1.165) is 43.5 Å². The van der Waals surface area contributed by atoms with E-state index >= 15 is 0 Å². The Morgan fingerprint density at radius 1 is 1.47 bits per heavy atom. The fourth-order valence-electron chi connectivity index (χ4n) is 2.25. The van der Waals surface area contributed by atoms with Crippen molar-refractivity contribution < 1.29 is 4.79 Å². The molecule has 1 aromatic heterocycles. The highest BCUT2D eigenvalue weighted by atomic mass is 16.1. The molecule has 1 aliphatic rings. The van der Waals surface area contributed by atoms with Gasteiger partial charge in [-0.1, -0.05) is 6.07 Å². The zero-order valence-corrected chi connectivity index (χ0v) is 9.20. The second-order valence-electron chi connectivity index (χ2n) is 4.36. The van der Waals surface area contributed by atoms with Crippen molar-refractivity contribution in [2.45, 2.75) is 39.0 Å². The molecule has 0 amide bonds. The Kier molecular flexibility index (Phi) is 3.14. The van der Waals surface area contributed by atoms with Gasteiger partial charge < -0.3 is 0 Å². The Bertz CT molecular complexity index is 359. The van der Waals surface area contributed by atoms with Gasteiger partial charge in [0.1, 0.15) is 5.78 Å². The molecule has 1 atom stereocenters. The number of aromatic nitrogens is 1. The van der Waals surface area contributed by atoms with Crippen LogP contribution in [0.15, 0.2) is 18.2 Å². The van der Waals surface area contributed by atoms with Crippen LogP contribution >= 0.6 is 0 Å². The zero-order chi connectivity index (χ0) is 10.7. The molecular formula is C13H17NO. The number of hydrogen-bond donors (Lipinski definition) is 0. The second kappa shape index (κ2) is 4.56. The summed E-state index contributed by atoms with van der Waals surface area (Å²) in [4.78, 5) is 15.9. The van der Waals surface area contributed by atoms with Gasteiger partial charge in [0.2, 0.25) is 0 Å². The molecule has 0 aliphatic heterocycles. The van der Waals surface area contributed by atoms with Crippen LogP contribution in [0.4, 0.5) is 0 Å². The van der Waals surface area contributed by atoms with E-state index in [0.29, 0.717) is 11.7 Å². The third-order valence-electron chi connectivity index (χ3n) is 3.13. The van der Waals surface area contributed by atoms with Gasteiger partial charge in [0.05, 0.1) is 0 Å². The van der Waals surface area contributed by atoms with Crippen molar-refractivity contribution in [2.75, 3.05) is 0 Å². The molecule has 1 saturated carbocycles. The van der Waals surface area contributed by atoms with Crippen LogP contribution in [0.1, 0.15) is 37.1 Å². The standard InChI is InChI=1S/C13H17NO/c1-10-4-2-6-12(14-10)9-8-11-5-3-7-13(11)15/h2,4,6,11H,3,5,7-9H2,1H3. The highest BCUT2D eigenvalue weighted by Crippen LogP contribution is 2.25. The average Bonchev–Trinajstić information content (AvgIpc) is 2.61. The van der Waals surface area contributed by atoms with E-state index in [4.69, 9.17) is 0 Å². The van der Waals surface area contributed by atoms with Crippen molar-refractivity contribution in [3.8, 4) is 0 Å². The zero-order valence-electron chi connectivity index (χ0n) is 9.20. The molecule has 1 aliphatic carbocycles. The van der Waals surface area contributed by atoms with Crippen LogP contribution in [-0.2, 0) is 11.2 Å². The van der Waals surface area contributed by atoms with Crippen LogP contribution in [0.3, 0.4) is 0 Å². The van der Waals surface area contributed by atoms with Gasteiger partial charge in [-0.05, 0) is 44.7 Å². The number of ketones is 1. The minimum Gasteiger partial charge on any atom is -0.299 e. The smallest absolute Gasteiger partial charge is 0.135 e. The third kappa shape index (κ3) is 2.65. The number of aryl methyl sites for hydroxylation is 2. The van der Waals surface area contributed by atoms with Gasteiger partial charge in [0.25, 0.3) is 0 Å². The molecule has 2 heteroatoms. The molecule has 80 valence electrons. The normalized spacial score (nSPS) is 20.9. The van der Waals surface area contributed by atoms with Gasteiger partial charge in [-0.3, -0.25) is 9.78 Å². The second-order valence-corrected chi connectivity index (χ2v) is 4.36. The number of Topliss-reactive ketones (excluding diaryl/α,β-unsaturated/α-hetero) is 1. The summed E-state index contributed by atoms with van der Waals surface area (Å²) in [5, 5.41) is 0. The van der Waals surface area contributed by atoms with Crippen molar-refractivity contribution in [3.05, 3.63) is 29.6 Å². The third-order valence-corrected chi connectivity index (χ3v) is 3.13. The monoisotopic (exact) mass is 203 g/mol. The molecule has 1 heterocycles. The summed E-state index contributed by atoms with van der Waals surface area (Å²) in [6.45, 7) is 2.00. The predicted molar refractivity (Wildman–Crippen MR) is 59.6 cm³/mol. The first kappa shape index (κ1) is 10.3. The van der Waals surface area contributed by atoms with Gasteiger partial charge in [0.15, 0.2) is 0 Å². The van der Waals surface area contributed by atoms with E-state index in [2.05, 4.69) is 4.98 Å². The highest BCUT2D eigenvalue weighted by Gasteiger charge is 2.23. The Morgan fingerprint density at radius 2 is 2.33 bits per heavy atom. The van der Waals surface area contributed by atoms with E-state index in [1.807, 2.05) is 25.1 Å². The summed E-state index contributed by atoms with van der Waals surface area (Å²) in [5.74, 6) is 0.773. The van der Waals surface area contributed by atoms with Crippen LogP contribution in [0.2, 0.25) is 0 Å². The number of carbonyl (C=O) groups is 1. The summed E-state index contributed by atoms with van der Waals surface area (Å²) in [6.07, 6.45) is 4.90. The molecule has 0 N–H and O–H groups in total. The van der Waals surface area contributed by atoms with Gasteiger partial charge in [-0.2, -0.15) is 0 Å². The summed E-state index contributed by atoms with van der Waals surface area (Å²) in [5.41, 5.74) is 2.18. The first-order valence-corrected chi connectivity index (χ1v) is 5.71. The number of nitrogens with zero attached hydrogens (tertiary/aromatic N) is 1. The van der Waals surface area contributed by atoms with Crippen LogP contribution in [-0.4, -0.2) is 10.8 Å². The molecule has 0 radical (unpaired) electrons. The molecule has 0 spiro atoms. The lowest BCUT2D eigenvalue weighted by atomic mass is 9.99. The Balaban J connectivity index is 1.90. The van der Waals surface area contributed by atoms with Gasteiger partial charge in [-0.15, -0.1) is 0 Å². The van der Waals surface area contributed by atoms with Crippen molar-refractivity contribution in [3.63, 3.8) is 0 Å². The Morgan fingerprint density at radius 3 is 3.00 bits per heavy atom. The maximum Gasteiger partial charge on any atom is 0.135 e. The van der Waals surface area contributed by atoms with Crippen molar-refractivity contribution in [2.24, 2.45) is 5.92 Å². The molecule has 2 rings (SSSR count). The van der Waals surface area contributed by atoms with Crippen molar-refractivity contribution >= 4 is 5.78 Å². The Hall–Kier alpha value is -1.18. The lowest BCUT2D eigenvalue weighted by Gasteiger charge is -2.07. The topological polar surface area (TPSA) is 30.0 Å². The molecule has 2 nitrogen and oxygen atoms in total. The quantitative estimate of drug-likeness (QED) is 0.756. The minimum atomic E-state index is 0.312. The van der Waals surface area contributed by atoms with Crippen molar-refractivity contribution in [1.82, 2.24) is 4.98 Å². The van der Waals surface area contributed by atoms with Crippen molar-refractivity contribution in [1.29, 1.82) is 0 Å². The number of carbonyl (C=O) groups excluding carboxylic acids is 1. The molecule has 1 aromatic rings. The first-order valence-electron chi connectivity index (χ1n) is 5.71. The van der Waals surface area contributed by atoms with E-state index in [1.54, 1.807) is 0 Å². The lowest BCUT2D eigenvalue weighted by molar-refractivity contribution is -0.120. The van der Waals surface area contributed by atoms with E-state index in [9.17, 15) is 4.79 Å². The Labute approximate surface area is 90.7 Å². The maximum atomic E-state index is 11.4. The first-order chi connectivity index (χ1) is 7.25. The molecule has 1 fully saturated rings. The van der Waals surface area contributed by atoms with Crippen LogP contribution in [0.25, 0.3) is 0 Å². The molecule has 0 saturated heterocycles. The summed E-state index contributed by atoms with van der Waals surface area (Å²) < 4.78 is 0. The van der Waals surface area contributed by atoms with Crippen LogP contribution in [0, 0.1) is 12.8 Å². The summed E-state index contributed by atoms with van der Waals surface area (Å²) in [7, 11) is 0. The molecule has 15 heavy (non-hydrogen) atoms. The lowest BCUT2D eigenvalue weighted by Crippen LogP contribution is -2.07. The SMILES string of the molecule is Cc1cccc(CCC2CCCC2=O)n1. The molecule has 1 unspecified atom stereocenters. The van der Waals surface area contributed by atoms with E-state index < -0.39 is 0 Å². The van der Waals surface area contributed by atoms with Crippen LogP contribution in [0.5, 0.6) is 0 Å². The predicted octanol–water partition coefficient (Wildman–Crippen LogP) is 2.69. The number of hydrogen-bond acceptors (Lipinski definition) is 2. The minimum absolute atomic E-state index is 0.312. The van der Waals surface area contributed by atoms with E-state index in [1.165, 1.54) is 0 Å². The summed E-state index contributed by atoms with van der Waals surface area (Å²) >= 11 is 0. The largest absolute Gasteiger partial charge is 0.299 e. The fraction of sp³-hybridized carbons (Fsp3) is 0.538. The highest BCUT2D eigenvalue weighted by molar-refractivity contribution is 5.82. The number of pyridine rings is 1. The molecular weight excluding hydrogens is 186 g/mol. The van der Waals surface area contributed by atoms with Gasteiger partial charge >= 0.3 is 0 Å². The van der Waals surface area contributed by atoms with E-state index in [-0.39, 0.29) is 0 Å². The van der Waals surface area contributed by atoms with Gasteiger partial charge in [0, 0.05) is 23.7 Å². The van der Waals surface area contributed by atoms with Gasteiger partial charge in [-0.25, -0.2) is 0 Å². The molecule has 0 aromatic carbocycles. The van der Waals surface area contributed by atoms with Crippen LogP contribution < -0.4 is 0 Å². The number of rotatable bonds is 3. The average molecular weight is 203 g/mol. The molecule has 0 bridgehead atoms. The maximum absolute atomic E-state index is 11.4. The summed E-state index contributed by atoms with van der Waals surface area (Å²) in [6, 6.07) is 6.09.